The fraction of sp³-hybridized carbons (Fsp3) is 0.350. The topological polar surface area (TPSA) is 80.0 Å². The van der Waals surface area contributed by atoms with E-state index >= 15 is 0 Å². The summed E-state index contributed by atoms with van der Waals surface area (Å²) in [5, 5.41) is 17.5. The molecule has 142 valence electrons. The third-order valence-corrected chi connectivity index (χ3v) is 4.30. The van der Waals surface area contributed by atoms with Gasteiger partial charge < -0.3 is 14.7 Å². The van der Waals surface area contributed by atoms with E-state index in [9.17, 15) is 9.90 Å². The summed E-state index contributed by atoms with van der Waals surface area (Å²) in [5.41, 5.74) is 1.60. The van der Waals surface area contributed by atoms with E-state index in [-0.39, 0.29) is 22.9 Å². The molecule has 0 bridgehead atoms. The Labute approximate surface area is 158 Å². The molecule has 0 unspecified atom stereocenters. The Hall–Kier alpha value is -3.09. The molecule has 0 fully saturated rings. The Bertz CT molecular complexity index is 959. The third kappa shape index (κ3) is 4.02. The zero-order valence-electron chi connectivity index (χ0n) is 16.0. The quantitative estimate of drug-likeness (QED) is 0.749. The first-order valence-corrected chi connectivity index (χ1v) is 8.79. The predicted molar refractivity (Wildman–Crippen MR) is 102 cm³/mol. The van der Waals surface area contributed by atoms with Crippen LogP contribution in [0.2, 0.25) is 0 Å². The molecule has 27 heavy (non-hydrogen) atoms. The van der Waals surface area contributed by atoms with Crippen LogP contribution >= 0.6 is 0 Å². The lowest BCUT2D eigenvalue weighted by Gasteiger charge is -2.23. The summed E-state index contributed by atoms with van der Waals surface area (Å²) < 4.78 is 7.41. The van der Waals surface area contributed by atoms with Crippen molar-refractivity contribution in [1.82, 2.24) is 19.5 Å². The number of hydrogen-bond acceptors (Lipinski definition) is 5. The van der Waals surface area contributed by atoms with Crippen LogP contribution in [0.4, 0.5) is 0 Å². The van der Waals surface area contributed by atoms with E-state index in [1.165, 1.54) is 21.6 Å². The highest BCUT2D eigenvalue weighted by Gasteiger charge is 2.20. The van der Waals surface area contributed by atoms with Crippen molar-refractivity contribution in [3.8, 4) is 11.5 Å². The average molecular weight is 368 g/mol. The van der Waals surface area contributed by atoms with Gasteiger partial charge in [0.1, 0.15) is 18.1 Å². The van der Waals surface area contributed by atoms with Gasteiger partial charge in [0.15, 0.2) is 5.65 Å². The van der Waals surface area contributed by atoms with Crippen molar-refractivity contribution in [2.24, 2.45) is 0 Å². The number of amides is 1. The van der Waals surface area contributed by atoms with Crippen molar-refractivity contribution in [3.05, 3.63) is 54.0 Å². The Kier molecular flexibility index (Phi) is 5.03. The van der Waals surface area contributed by atoms with Gasteiger partial charge in [0.2, 0.25) is 5.82 Å². The lowest BCUT2D eigenvalue weighted by atomic mass is 9.86. The van der Waals surface area contributed by atoms with Crippen molar-refractivity contribution in [3.63, 3.8) is 0 Å². The summed E-state index contributed by atoms with van der Waals surface area (Å²) in [6.07, 6.45) is 1.42. The first-order valence-electron chi connectivity index (χ1n) is 8.79. The molecule has 0 spiro atoms. The summed E-state index contributed by atoms with van der Waals surface area (Å²) >= 11 is 0. The lowest BCUT2D eigenvalue weighted by Crippen LogP contribution is -2.32. The minimum absolute atomic E-state index is 0.0270. The van der Waals surface area contributed by atoms with E-state index in [0.717, 1.165) is 11.3 Å². The highest BCUT2D eigenvalue weighted by atomic mass is 16.5. The highest BCUT2D eigenvalue weighted by molar-refractivity contribution is 5.91. The highest BCUT2D eigenvalue weighted by Crippen LogP contribution is 2.30. The monoisotopic (exact) mass is 368 g/mol. The number of carbonyl (C=O) groups is 1. The number of rotatable bonds is 5. The van der Waals surface area contributed by atoms with E-state index in [0.29, 0.717) is 18.8 Å². The first kappa shape index (κ1) is 18.7. The third-order valence-electron chi connectivity index (χ3n) is 4.30. The minimum atomic E-state index is -0.291. The van der Waals surface area contributed by atoms with Crippen LogP contribution in [0.25, 0.3) is 5.65 Å². The van der Waals surface area contributed by atoms with Crippen LogP contribution in [0.5, 0.6) is 11.5 Å². The maximum atomic E-state index is 12.7. The number of pyridine rings is 1. The SMILES string of the molecule is CN(CCOc1ccccc1C(C)(C)C)C(=O)c1nnc2ccc(O)cn12. The molecule has 1 N–H and O–H groups in total. The van der Waals surface area contributed by atoms with Crippen molar-refractivity contribution in [2.75, 3.05) is 20.2 Å². The number of ether oxygens (including phenoxy) is 1. The molecule has 3 aromatic rings. The number of fused-ring (bicyclic) bond motifs is 1. The van der Waals surface area contributed by atoms with Crippen LogP contribution in [-0.4, -0.2) is 50.7 Å². The van der Waals surface area contributed by atoms with Crippen molar-refractivity contribution < 1.29 is 14.6 Å². The smallest absolute Gasteiger partial charge is 0.292 e. The number of nitrogens with zero attached hydrogens (tertiary/aromatic N) is 4. The lowest BCUT2D eigenvalue weighted by molar-refractivity contribution is 0.0760. The van der Waals surface area contributed by atoms with Gasteiger partial charge >= 0.3 is 0 Å². The van der Waals surface area contributed by atoms with Gasteiger partial charge in [0.05, 0.1) is 12.7 Å². The summed E-state index contributed by atoms with van der Waals surface area (Å²) in [6.45, 7) is 7.16. The predicted octanol–water partition coefficient (Wildman–Crippen LogP) is 2.88. The van der Waals surface area contributed by atoms with Gasteiger partial charge in [-0.3, -0.25) is 9.20 Å². The van der Waals surface area contributed by atoms with E-state index < -0.39 is 0 Å². The van der Waals surface area contributed by atoms with Gasteiger partial charge in [0, 0.05) is 7.05 Å². The number of carbonyl (C=O) groups excluding carboxylic acids is 1. The van der Waals surface area contributed by atoms with E-state index in [2.05, 4.69) is 37.0 Å². The average Bonchev–Trinajstić information content (AvgIpc) is 3.03. The molecular formula is C20H24N4O3. The van der Waals surface area contributed by atoms with Crippen LogP contribution in [0.15, 0.2) is 42.6 Å². The van der Waals surface area contributed by atoms with Crippen LogP contribution in [0.1, 0.15) is 37.0 Å². The number of likely N-dealkylation sites (N-methyl/N-ethyl adjacent to an activating group) is 1. The summed E-state index contributed by atoms with van der Waals surface area (Å²) in [6, 6.07) is 11.0. The van der Waals surface area contributed by atoms with Crippen molar-refractivity contribution >= 4 is 11.6 Å². The molecule has 0 saturated carbocycles. The largest absolute Gasteiger partial charge is 0.506 e. The second kappa shape index (κ2) is 7.26. The second-order valence-corrected chi connectivity index (χ2v) is 7.46. The van der Waals surface area contributed by atoms with E-state index in [1.807, 2.05) is 18.2 Å². The molecule has 7 heteroatoms. The van der Waals surface area contributed by atoms with Crippen LogP contribution in [0, 0.1) is 0 Å². The van der Waals surface area contributed by atoms with Gasteiger partial charge in [-0.25, -0.2) is 0 Å². The second-order valence-electron chi connectivity index (χ2n) is 7.46. The molecule has 2 aromatic heterocycles. The maximum absolute atomic E-state index is 12.7. The Balaban J connectivity index is 1.67. The van der Waals surface area contributed by atoms with E-state index in [1.54, 1.807) is 13.1 Å². The molecule has 2 heterocycles. The van der Waals surface area contributed by atoms with Gasteiger partial charge in [-0.15, -0.1) is 10.2 Å². The molecule has 0 radical (unpaired) electrons. The Morgan fingerprint density at radius 2 is 1.93 bits per heavy atom. The molecular weight excluding hydrogens is 344 g/mol. The first-order chi connectivity index (χ1) is 12.8. The number of para-hydroxylation sites is 1. The molecule has 0 aliphatic carbocycles. The minimum Gasteiger partial charge on any atom is -0.506 e. The summed E-state index contributed by atoms with van der Waals surface area (Å²) in [4.78, 5) is 14.2. The fourth-order valence-corrected chi connectivity index (χ4v) is 2.80. The number of aromatic nitrogens is 3. The van der Waals surface area contributed by atoms with Gasteiger partial charge in [-0.05, 0) is 29.2 Å². The molecule has 3 rings (SSSR count). The van der Waals surface area contributed by atoms with Gasteiger partial charge in [0.25, 0.3) is 5.91 Å². The standard InChI is InChI=1S/C20H24N4O3/c1-20(2,3)15-7-5-6-8-16(15)27-12-11-23(4)19(26)18-22-21-17-10-9-14(25)13-24(17)18/h5-10,13,25H,11-12H2,1-4H3. The number of hydrogen-bond donors (Lipinski definition) is 1. The molecule has 0 aliphatic heterocycles. The normalized spacial score (nSPS) is 11.6. The molecule has 1 aromatic carbocycles. The Morgan fingerprint density at radius 1 is 1.19 bits per heavy atom. The maximum Gasteiger partial charge on any atom is 0.292 e. The van der Waals surface area contributed by atoms with Crippen molar-refractivity contribution in [1.29, 1.82) is 0 Å². The fourth-order valence-electron chi connectivity index (χ4n) is 2.80. The Morgan fingerprint density at radius 3 is 2.67 bits per heavy atom. The molecule has 7 nitrogen and oxygen atoms in total. The number of benzene rings is 1. The van der Waals surface area contributed by atoms with Gasteiger partial charge in [-0.2, -0.15) is 0 Å². The van der Waals surface area contributed by atoms with Crippen LogP contribution in [0.3, 0.4) is 0 Å². The van der Waals surface area contributed by atoms with Gasteiger partial charge in [-0.1, -0.05) is 39.0 Å². The van der Waals surface area contributed by atoms with Crippen molar-refractivity contribution in [2.45, 2.75) is 26.2 Å². The summed E-state index contributed by atoms with van der Waals surface area (Å²) in [5.74, 6) is 0.726. The molecule has 1 amide bonds. The molecule has 0 aliphatic rings. The number of aromatic hydroxyl groups is 1. The molecule has 0 saturated heterocycles. The molecule has 0 atom stereocenters. The van der Waals surface area contributed by atoms with Crippen LogP contribution in [-0.2, 0) is 5.41 Å². The summed E-state index contributed by atoms with van der Waals surface area (Å²) in [7, 11) is 1.69. The zero-order chi connectivity index (χ0) is 19.6. The van der Waals surface area contributed by atoms with Crippen LogP contribution < -0.4 is 4.74 Å². The zero-order valence-corrected chi connectivity index (χ0v) is 16.0. The van der Waals surface area contributed by atoms with E-state index in [4.69, 9.17) is 4.74 Å².